The van der Waals surface area contributed by atoms with Crippen molar-refractivity contribution in [3.05, 3.63) is 116 Å². The van der Waals surface area contributed by atoms with Crippen molar-refractivity contribution in [2.75, 3.05) is 38.3 Å². The Hall–Kier alpha value is -4.81. The Bertz CT molecular complexity index is 2240. The standard InChI is InChI=1S/C33H33F3N6O6S2/c1-4-50(46,47)37-16-17-40(2)18-25-28-30(43)42(23-14-10-21(34)11-15-23)33(45)41(19-24-26(35)6-5-7-27(24)36)31(28)49-29(25)20-8-12-22(13-9-20)38-32(44)39-48-3/h5-15,37H,4,16-19H2,1-3H3,(H2,38,39,44). The van der Waals surface area contributed by atoms with Gasteiger partial charge in [0.2, 0.25) is 10.0 Å². The van der Waals surface area contributed by atoms with Crippen molar-refractivity contribution in [3.8, 4) is 16.1 Å². The van der Waals surface area contributed by atoms with Crippen LogP contribution in [0, 0.1) is 17.5 Å². The first-order chi connectivity index (χ1) is 23.8. The van der Waals surface area contributed by atoms with Crippen LogP contribution in [0.3, 0.4) is 0 Å². The molecule has 2 heterocycles. The summed E-state index contributed by atoms with van der Waals surface area (Å²) in [7, 11) is -0.465. The summed E-state index contributed by atoms with van der Waals surface area (Å²) in [5.41, 5.74) is 1.59. The van der Waals surface area contributed by atoms with Crippen LogP contribution >= 0.6 is 11.3 Å². The molecule has 0 unspecified atom stereocenters. The highest BCUT2D eigenvalue weighted by atomic mass is 32.2. The van der Waals surface area contributed by atoms with E-state index in [9.17, 15) is 36.0 Å². The SMILES string of the molecule is CCS(=O)(=O)NCCN(C)Cc1c(-c2ccc(NC(=O)NOC)cc2)sc2c1c(=O)n(-c1ccc(F)cc1)c(=O)n2Cc1c(F)cccc1F. The smallest absolute Gasteiger partial charge is 0.306 e. The molecule has 0 spiro atoms. The van der Waals surface area contributed by atoms with Crippen LogP contribution in [0.15, 0.2) is 76.3 Å². The lowest BCUT2D eigenvalue weighted by molar-refractivity contribution is 0.114. The number of hydrogen-bond donors (Lipinski definition) is 3. The minimum Gasteiger partial charge on any atom is -0.306 e. The first kappa shape index (κ1) is 36.5. The molecule has 5 rings (SSSR count). The number of carbonyl (C=O) groups excluding carboxylic acids is 1. The highest BCUT2D eigenvalue weighted by molar-refractivity contribution is 7.89. The molecule has 264 valence electrons. The Labute approximate surface area is 288 Å². The summed E-state index contributed by atoms with van der Waals surface area (Å²) >= 11 is 1.06. The van der Waals surface area contributed by atoms with Gasteiger partial charge >= 0.3 is 11.7 Å². The van der Waals surface area contributed by atoms with Crippen LogP contribution in [0.4, 0.5) is 23.7 Å². The summed E-state index contributed by atoms with van der Waals surface area (Å²) in [5.74, 6) is -2.49. The minimum atomic E-state index is -3.47. The zero-order valence-electron chi connectivity index (χ0n) is 27.1. The van der Waals surface area contributed by atoms with Gasteiger partial charge in [0.1, 0.15) is 22.3 Å². The third-order valence-corrected chi connectivity index (χ3v) is 10.5. The van der Waals surface area contributed by atoms with E-state index >= 15 is 0 Å². The molecule has 0 aliphatic heterocycles. The molecule has 0 aliphatic carbocycles. The van der Waals surface area contributed by atoms with Crippen LogP contribution in [0.5, 0.6) is 0 Å². The predicted molar refractivity (Wildman–Crippen MR) is 185 cm³/mol. The van der Waals surface area contributed by atoms with Gasteiger partial charge in [-0.1, -0.05) is 18.2 Å². The van der Waals surface area contributed by atoms with Gasteiger partial charge < -0.3 is 10.2 Å². The zero-order valence-corrected chi connectivity index (χ0v) is 28.8. The minimum absolute atomic E-state index is 0.0387. The lowest BCUT2D eigenvalue weighted by atomic mass is 10.1. The molecular formula is C33H33F3N6O6S2. The predicted octanol–water partition coefficient (Wildman–Crippen LogP) is 4.40. The van der Waals surface area contributed by atoms with Crippen LogP contribution in [0.25, 0.3) is 26.3 Å². The average Bonchev–Trinajstić information content (AvgIpc) is 3.44. The highest BCUT2D eigenvalue weighted by Crippen LogP contribution is 2.38. The van der Waals surface area contributed by atoms with Gasteiger partial charge in [-0.2, -0.15) is 0 Å². The number of urea groups is 1. The third kappa shape index (κ3) is 7.97. The number of fused-ring (bicyclic) bond motifs is 1. The summed E-state index contributed by atoms with van der Waals surface area (Å²) < 4.78 is 72.4. The van der Waals surface area contributed by atoms with E-state index < -0.39 is 56.9 Å². The molecule has 12 nitrogen and oxygen atoms in total. The van der Waals surface area contributed by atoms with Crippen LogP contribution < -0.4 is 26.8 Å². The van der Waals surface area contributed by atoms with Gasteiger partial charge in [0, 0.05) is 35.8 Å². The van der Waals surface area contributed by atoms with E-state index in [0.29, 0.717) is 21.7 Å². The highest BCUT2D eigenvalue weighted by Gasteiger charge is 2.26. The number of amides is 2. The number of rotatable bonds is 13. The van der Waals surface area contributed by atoms with E-state index in [2.05, 4.69) is 20.4 Å². The van der Waals surface area contributed by atoms with Gasteiger partial charge in [-0.25, -0.2) is 45.9 Å². The molecule has 0 saturated heterocycles. The fraction of sp³-hybridized carbons (Fsp3) is 0.242. The number of sulfonamides is 1. The molecule has 0 atom stereocenters. The molecular weight excluding hydrogens is 698 g/mol. The van der Waals surface area contributed by atoms with Crippen molar-refractivity contribution in [2.24, 2.45) is 0 Å². The molecule has 3 N–H and O–H groups in total. The molecule has 2 aromatic heterocycles. The Balaban J connectivity index is 1.74. The first-order valence-corrected chi connectivity index (χ1v) is 17.7. The number of nitrogens with one attached hydrogen (secondary N) is 3. The summed E-state index contributed by atoms with van der Waals surface area (Å²) in [6.07, 6.45) is 0. The van der Waals surface area contributed by atoms with E-state index in [1.165, 1.54) is 32.2 Å². The maximum atomic E-state index is 15.0. The fourth-order valence-electron chi connectivity index (χ4n) is 5.25. The monoisotopic (exact) mass is 730 g/mol. The summed E-state index contributed by atoms with van der Waals surface area (Å²) in [4.78, 5) is 47.5. The Kier molecular flexibility index (Phi) is 11.2. The first-order valence-electron chi connectivity index (χ1n) is 15.2. The number of nitrogens with zero attached hydrogens (tertiary/aromatic N) is 3. The number of halogens is 3. The Morgan fingerprint density at radius 3 is 2.24 bits per heavy atom. The third-order valence-electron chi connectivity index (χ3n) is 7.76. The van der Waals surface area contributed by atoms with E-state index in [1.807, 2.05) is 0 Å². The molecule has 5 aromatic rings. The van der Waals surface area contributed by atoms with Crippen molar-refractivity contribution < 1.29 is 31.2 Å². The Morgan fingerprint density at radius 2 is 1.62 bits per heavy atom. The Morgan fingerprint density at radius 1 is 0.960 bits per heavy atom. The number of likely N-dealkylation sites (N-methyl/N-ethyl adjacent to an activating group) is 1. The van der Waals surface area contributed by atoms with Crippen molar-refractivity contribution >= 4 is 43.3 Å². The molecule has 0 fully saturated rings. The molecule has 50 heavy (non-hydrogen) atoms. The number of thiophene rings is 1. The summed E-state index contributed by atoms with van der Waals surface area (Å²) in [5, 5.41) is 2.67. The zero-order chi connectivity index (χ0) is 36.2. The second-order valence-electron chi connectivity index (χ2n) is 11.1. The number of hydroxylamine groups is 1. The molecule has 17 heteroatoms. The van der Waals surface area contributed by atoms with Gasteiger partial charge in [-0.15, -0.1) is 11.3 Å². The van der Waals surface area contributed by atoms with Gasteiger partial charge in [0.25, 0.3) is 5.56 Å². The topological polar surface area (TPSA) is 144 Å². The number of carbonyl (C=O) groups is 1. The molecule has 2 amide bonds. The summed E-state index contributed by atoms with van der Waals surface area (Å²) in [6.45, 7) is 1.34. The second kappa shape index (κ2) is 15.4. The van der Waals surface area contributed by atoms with Crippen LogP contribution in [-0.4, -0.2) is 61.5 Å². The number of aromatic nitrogens is 2. The van der Waals surface area contributed by atoms with Gasteiger partial charge in [0.15, 0.2) is 0 Å². The second-order valence-corrected chi connectivity index (χ2v) is 14.2. The van der Waals surface area contributed by atoms with E-state index in [0.717, 1.165) is 44.7 Å². The normalized spacial score (nSPS) is 11.7. The van der Waals surface area contributed by atoms with Gasteiger partial charge in [-0.3, -0.25) is 14.2 Å². The van der Waals surface area contributed by atoms with E-state index in [4.69, 9.17) is 0 Å². The quantitative estimate of drug-likeness (QED) is 0.153. The number of anilines is 1. The molecule has 3 aromatic carbocycles. The number of benzene rings is 3. The van der Waals surface area contributed by atoms with Gasteiger partial charge in [0.05, 0.1) is 30.5 Å². The molecule has 0 radical (unpaired) electrons. The largest absolute Gasteiger partial charge is 0.343 e. The van der Waals surface area contributed by atoms with Crippen molar-refractivity contribution in [2.45, 2.75) is 20.0 Å². The van der Waals surface area contributed by atoms with Crippen molar-refractivity contribution in [1.82, 2.24) is 24.2 Å². The lowest BCUT2D eigenvalue weighted by Crippen LogP contribution is -2.39. The van der Waals surface area contributed by atoms with Crippen LogP contribution in [0.2, 0.25) is 0 Å². The number of hydrogen-bond acceptors (Lipinski definition) is 8. The summed E-state index contributed by atoms with van der Waals surface area (Å²) in [6, 6.07) is 14.0. The lowest BCUT2D eigenvalue weighted by Gasteiger charge is -2.18. The molecule has 0 saturated carbocycles. The molecule has 0 aliphatic rings. The van der Waals surface area contributed by atoms with E-state index in [-0.39, 0.29) is 41.3 Å². The average molecular weight is 731 g/mol. The maximum absolute atomic E-state index is 15.0. The van der Waals surface area contributed by atoms with Crippen LogP contribution in [0.1, 0.15) is 18.1 Å². The van der Waals surface area contributed by atoms with Gasteiger partial charge in [-0.05, 0) is 73.6 Å². The van der Waals surface area contributed by atoms with Crippen LogP contribution in [-0.2, 0) is 28.0 Å². The van der Waals surface area contributed by atoms with Crippen molar-refractivity contribution in [3.63, 3.8) is 0 Å². The van der Waals surface area contributed by atoms with Crippen molar-refractivity contribution in [1.29, 1.82) is 0 Å². The molecule has 0 bridgehead atoms. The maximum Gasteiger partial charge on any atom is 0.343 e. The fourth-order valence-corrected chi connectivity index (χ4v) is 7.16. The van der Waals surface area contributed by atoms with E-state index in [1.54, 1.807) is 36.2 Å².